The molecule has 0 spiro atoms. The number of esters is 2. The molecule has 292 valence electrons. The Labute approximate surface area is 301 Å². The largest absolute Gasteiger partial charge is 0.472 e. The Balaban J connectivity index is 4.02. The smallest absolute Gasteiger partial charge is 0.462 e. The molecule has 0 saturated heterocycles. The maximum atomic E-state index is 12.5. The van der Waals surface area contributed by atoms with Gasteiger partial charge in [-0.05, 0) is 12.8 Å². The number of unbranched alkanes of at least 4 members (excludes halogenated alkanes) is 26. The lowest BCUT2D eigenvalue weighted by Crippen LogP contribution is -2.29. The molecule has 0 rings (SSSR count). The lowest BCUT2D eigenvalue weighted by molar-refractivity contribution is -0.161. The topological polar surface area (TPSA) is 134 Å². The third kappa shape index (κ3) is 36.6. The molecule has 0 aliphatic carbocycles. The molecule has 2 atom stereocenters. The fourth-order valence-corrected chi connectivity index (χ4v) is 6.69. The van der Waals surface area contributed by atoms with Crippen molar-refractivity contribution < 1.29 is 37.6 Å². The molecule has 2 unspecified atom stereocenters. The molecule has 0 aromatic carbocycles. The number of carbonyl (C=O) groups excluding carboxylic acids is 2. The Morgan fingerprint density at radius 1 is 0.531 bits per heavy atom. The normalized spacial score (nSPS) is 13.3. The lowest BCUT2D eigenvalue weighted by atomic mass is 10.0. The first-order chi connectivity index (χ1) is 23.8. The molecular weight excluding hydrogens is 641 g/mol. The average Bonchev–Trinajstić information content (AvgIpc) is 3.08. The summed E-state index contributed by atoms with van der Waals surface area (Å²) in [7, 11) is -4.36. The van der Waals surface area contributed by atoms with Gasteiger partial charge in [-0.25, -0.2) is 4.57 Å². The van der Waals surface area contributed by atoms with Crippen LogP contribution in [0.2, 0.25) is 0 Å². The van der Waals surface area contributed by atoms with Crippen LogP contribution in [0.25, 0.3) is 0 Å². The number of phosphoric acid groups is 1. The van der Waals surface area contributed by atoms with E-state index in [1.165, 1.54) is 141 Å². The van der Waals surface area contributed by atoms with E-state index >= 15 is 0 Å². The summed E-state index contributed by atoms with van der Waals surface area (Å²) in [6, 6.07) is 0. The van der Waals surface area contributed by atoms with Gasteiger partial charge in [0, 0.05) is 19.4 Å². The molecule has 0 amide bonds. The summed E-state index contributed by atoms with van der Waals surface area (Å²) >= 11 is 0. The van der Waals surface area contributed by atoms with Crippen LogP contribution in [-0.4, -0.2) is 49.3 Å². The Bertz CT molecular complexity index is 784. The predicted molar refractivity (Wildman–Crippen MR) is 201 cm³/mol. The van der Waals surface area contributed by atoms with E-state index in [4.69, 9.17) is 24.3 Å². The second-order valence-corrected chi connectivity index (χ2v) is 15.3. The third-order valence-electron chi connectivity index (χ3n) is 8.99. The van der Waals surface area contributed by atoms with Gasteiger partial charge in [0.1, 0.15) is 6.61 Å². The van der Waals surface area contributed by atoms with Gasteiger partial charge in [0.05, 0.1) is 13.2 Å². The predicted octanol–water partition coefficient (Wildman–Crippen LogP) is 11.3. The zero-order valence-electron chi connectivity index (χ0n) is 31.9. The van der Waals surface area contributed by atoms with Gasteiger partial charge in [-0.2, -0.15) is 0 Å². The van der Waals surface area contributed by atoms with E-state index < -0.39 is 26.5 Å². The Morgan fingerprint density at radius 3 is 1.24 bits per heavy atom. The minimum Gasteiger partial charge on any atom is -0.462 e. The molecule has 0 radical (unpaired) electrons. The summed E-state index contributed by atoms with van der Waals surface area (Å²) in [4.78, 5) is 34.6. The zero-order valence-corrected chi connectivity index (χ0v) is 32.8. The van der Waals surface area contributed by atoms with Crippen LogP contribution in [-0.2, 0) is 32.7 Å². The number of hydrogen-bond acceptors (Lipinski definition) is 8. The first kappa shape index (κ1) is 48.0. The van der Waals surface area contributed by atoms with Crippen molar-refractivity contribution in [2.45, 2.75) is 213 Å². The molecule has 0 aliphatic rings. The quantitative estimate of drug-likeness (QED) is 0.0361. The monoisotopic (exact) mass is 720 g/mol. The van der Waals surface area contributed by atoms with Crippen molar-refractivity contribution in [3.63, 3.8) is 0 Å². The van der Waals surface area contributed by atoms with Gasteiger partial charge >= 0.3 is 19.8 Å². The second kappa shape index (κ2) is 36.8. The van der Waals surface area contributed by atoms with E-state index in [0.717, 1.165) is 32.1 Å². The summed E-state index contributed by atoms with van der Waals surface area (Å²) in [5, 5.41) is 0. The lowest BCUT2D eigenvalue weighted by Gasteiger charge is -2.19. The molecule has 0 fully saturated rings. The zero-order chi connectivity index (χ0) is 36.1. The highest BCUT2D eigenvalue weighted by atomic mass is 31.2. The van der Waals surface area contributed by atoms with Crippen molar-refractivity contribution in [1.29, 1.82) is 0 Å². The van der Waals surface area contributed by atoms with Gasteiger partial charge in [-0.3, -0.25) is 18.6 Å². The highest BCUT2D eigenvalue weighted by Crippen LogP contribution is 2.43. The van der Waals surface area contributed by atoms with Gasteiger partial charge in [0.15, 0.2) is 6.10 Å². The van der Waals surface area contributed by atoms with Gasteiger partial charge in [0.2, 0.25) is 0 Å². The Kier molecular flexibility index (Phi) is 36.0. The van der Waals surface area contributed by atoms with Gasteiger partial charge in [-0.1, -0.05) is 181 Å². The summed E-state index contributed by atoms with van der Waals surface area (Å²) < 4.78 is 32.6. The van der Waals surface area contributed by atoms with Crippen molar-refractivity contribution >= 4 is 19.8 Å². The molecule has 0 bridgehead atoms. The molecule has 3 N–H and O–H groups in total. The van der Waals surface area contributed by atoms with Crippen LogP contribution < -0.4 is 5.73 Å². The number of phosphoric ester groups is 1. The van der Waals surface area contributed by atoms with Crippen LogP contribution >= 0.6 is 7.82 Å². The molecule has 9 nitrogen and oxygen atoms in total. The Morgan fingerprint density at radius 2 is 0.878 bits per heavy atom. The van der Waals surface area contributed by atoms with Crippen LogP contribution in [0.5, 0.6) is 0 Å². The van der Waals surface area contributed by atoms with E-state index in [1.807, 2.05) is 0 Å². The van der Waals surface area contributed by atoms with Crippen molar-refractivity contribution in [3.05, 3.63) is 0 Å². The van der Waals surface area contributed by atoms with Crippen molar-refractivity contribution in [2.75, 3.05) is 26.4 Å². The van der Waals surface area contributed by atoms with Crippen LogP contribution in [0.1, 0.15) is 206 Å². The van der Waals surface area contributed by atoms with Crippen molar-refractivity contribution in [3.8, 4) is 0 Å². The van der Waals surface area contributed by atoms with E-state index in [0.29, 0.717) is 6.42 Å². The molecule has 0 aromatic heterocycles. The van der Waals surface area contributed by atoms with Crippen molar-refractivity contribution in [1.82, 2.24) is 0 Å². The number of nitrogens with two attached hydrogens (primary N) is 1. The minimum atomic E-state index is -4.36. The molecule has 49 heavy (non-hydrogen) atoms. The van der Waals surface area contributed by atoms with E-state index in [2.05, 4.69) is 13.8 Å². The van der Waals surface area contributed by atoms with E-state index in [9.17, 15) is 19.0 Å². The second-order valence-electron chi connectivity index (χ2n) is 13.9. The van der Waals surface area contributed by atoms with Crippen LogP contribution in [0.15, 0.2) is 0 Å². The third-order valence-corrected chi connectivity index (χ3v) is 9.98. The fourth-order valence-electron chi connectivity index (χ4n) is 5.93. The summed E-state index contributed by atoms with van der Waals surface area (Å²) in [5.41, 5.74) is 5.33. The fraction of sp³-hybridized carbons (Fsp3) is 0.949. The molecule has 0 saturated carbocycles. The number of hydrogen-bond donors (Lipinski definition) is 2. The average molecular weight is 720 g/mol. The summed E-state index contributed by atoms with van der Waals surface area (Å²) in [6.07, 6.45) is 34.4. The molecular formula is C39H78NO8P. The maximum absolute atomic E-state index is 12.5. The van der Waals surface area contributed by atoms with Crippen molar-refractivity contribution in [2.24, 2.45) is 5.73 Å². The molecule has 0 aromatic rings. The van der Waals surface area contributed by atoms with Gasteiger partial charge in [-0.15, -0.1) is 0 Å². The van der Waals surface area contributed by atoms with Gasteiger partial charge in [0.25, 0.3) is 0 Å². The minimum absolute atomic E-state index is 0.0577. The maximum Gasteiger partial charge on any atom is 0.472 e. The molecule has 0 heterocycles. The number of rotatable bonds is 39. The Hall–Kier alpha value is -0.990. The van der Waals surface area contributed by atoms with E-state index in [1.54, 1.807) is 0 Å². The van der Waals surface area contributed by atoms with Crippen LogP contribution in [0.3, 0.4) is 0 Å². The highest BCUT2D eigenvalue weighted by molar-refractivity contribution is 7.47. The van der Waals surface area contributed by atoms with Crippen LogP contribution in [0.4, 0.5) is 0 Å². The SMILES string of the molecule is CCCCCCCCCCCCCCCCCCCCCCC(=O)OC(COC(=O)CCCCCCCCCC)COP(=O)(O)OCCN. The van der Waals surface area contributed by atoms with Gasteiger partial charge < -0.3 is 20.1 Å². The molecule has 10 heteroatoms. The first-order valence-electron chi connectivity index (χ1n) is 20.5. The first-order valence-corrected chi connectivity index (χ1v) is 22.0. The highest BCUT2D eigenvalue weighted by Gasteiger charge is 2.26. The summed E-state index contributed by atoms with van der Waals surface area (Å²) in [5.74, 6) is -0.821. The number of ether oxygens (including phenoxy) is 2. The van der Waals surface area contributed by atoms with E-state index in [-0.39, 0.29) is 38.6 Å². The molecule has 0 aliphatic heterocycles. The van der Waals surface area contributed by atoms with Crippen LogP contribution in [0, 0.1) is 0 Å². The summed E-state index contributed by atoms with van der Waals surface area (Å²) in [6.45, 7) is 3.72. The standard InChI is InChI=1S/C39H78NO8P/c1-3-5-7-9-11-13-14-15-16-17-18-19-20-21-22-23-24-26-28-30-32-39(42)48-37(36-47-49(43,44)46-34-33-40)35-45-38(41)31-29-27-25-12-10-8-6-4-2/h37H,3-36,40H2,1-2H3,(H,43,44). The number of carbonyl (C=O) groups is 2.